The molecule has 3 aromatic rings. The van der Waals surface area contributed by atoms with Crippen LogP contribution in [0, 0.1) is 0 Å². The molecule has 0 unspecified atom stereocenters. The summed E-state index contributed by atoms with van der Waals surface area (Å²) in [5.74, 6) is -2.54. The number of carbonyl (C=O) groups is 3. The van der Waals surface area contributed by atoms with Crippen molar-refractivity contribution in [1.82, 2.24) is 0 Å². The molecule has 3 rings (SSSR count). The van der Waals surface area contributed by atoms with Crippen molar-refractivity contribution < 1.29 is 29.3 Å². The molecule has 0 atom stereocenters. The lowest BCUT2D eigenvalue weighted by Gasteiger charge is -2.12. The zero-order valence-electron chi connectivity index (χ0n) is 16.5. The largest absolute Gasteiger partial charge is 0.506 e. The van der Waals surface area contributed by atoms with Gasteiger partial charge in [-0.3, -0.25) is 14.4 Å². The average molecular weight is 475 g/mol. The molecule has 0 aliphatic carbocycles. The lowest BCUT2D eigenvalue weighted by atomic mass is 10.1. The molecule has 10 heteroatoms. The Labute approximate surface area is 192 Å². The van der Waals surface area contributed by atoms with Crippen LogP contribution in [0.2, 0.25) is 10.0 Å². The first-order valence-corrected chi connectivity index (χ1v) is 9.81. The SMILES string of the molecule is CC(=O)Oc1cc(C(=O)Nc2cc(Cl)ccc2O)cc(C(=O)Nc2cc(Cl)ccc2O)c1. The maximum atomic E-state index is 12.8. The molecule has 0 radical (unpaired) electrons. The van der Waals surface area contributed by atoms with Crippen LogP contribution in [0.3, 0.4) is 0 Å². The molecule has 8 nitrogen and oxygen atoms in total. The molecule has 3 aromatic carbocycles. The third-order valence-corrected chi connectivity index (χ3v) is 4.58. The van der Waals surface area contributed by atoms with Crippen molar-refractivity contribution in [3.05, 3.63) is 75.8 Å². The van der Waals surface area contributed by atoms with E-state index in [1.807, 2.05) is 0 Å². The van der Waals surface area contributed by atoms with E-state index in [0.29, 0.717) is 0 Å². The maximum absolute atomic E-state index is 12.8. The van der Waals surface area contributed by atoms with Gasteiger partial charge in [0.15, 0.2) is 0 Å². The summed E-state index contributed by atoms with van der Waals surface area (Å²) in [5, 5.41) is 25.4. The summed E-state index contributed by atoms with van der Waals surface area (Å²) in [4.78, 5) is 36.9. The molecule has 0 heterocycles. The highest BCUT2D eigenvalue weighted by atomic mass is 35.5. The maximum Gasteiger partial charge on any atom is 0.308 e. The minimum Gasteiger partial charge on any atom is -0.506 e. The molecule has 0 aliphatic rings. The Balaban J connectivity index is 1.94. The number of phenols is 2. The zero-order chi connectivity index (χ0) is 23.4. The van der Waals surface area contributed by atoms with E-state index < -0.39 is 17.8 Å². The van der Waals surface area contributed by atoms with Gasteiger partial charge in [-0.05, 0) is 54.6 Å². The van der Waals surface area contributed by atoms with Crippen molar-refractivity contribution in [2.45, 2.75) is 6.92 Å². The molecule has 0 saturated heterocycles. The average Bonchev–Trinajstić information content (AvgIpc) is 2.72. The van der Waals surface area contributed by atoms with E-state index in [0.717, 1.165) is 0 Å². The quantitative estimate of drug-likeness (QED) is 0.238. The summed E-state index contributed by atoms with van der Waals surface area (Å²) in [6.07, 6.45) is 0. The smallest absolute Gasteiger partial charge is 0.308 e. The van der Waals surface area contributed by atoms with Gasteiger partial charge in [0.1, 0.15) is 17.2 Å². The molecule has 32 heavy (non-hydrogen) atoms. The first-order chi connectivity index (χ1) is 15.1. The Morgan fingerprint density at radius 2 is 1.19 bits per heavy atom. The third kappa shape index (κ3) is 5.69. The van der Waals surface area contributed by atoms with Crippen LogP contribution in [0.4, 0.5) is 11.4 Å². The van der Waals surface area contributed by atoms with Gasteiger partial charge < -0.3 is 25.6 Å². The monoisotopic (exact) mass is 474 g/mol. The number of nitrogens with one attached hydrogen (secondary N) is 2. The highest BCUT2D eigenvalue weighted by Gasteiger charge is 2.17. The third-order valence-electron chi connectivity index (χ3n) is 4.11. The number of phenolic OH excluding ortho intramolecular Hbond substituents is 2. The van der Waals surface area contributed by atoms with Crippen molar-refractivity contribution in [2.75, 3.05) is 10.6 Å². The van der Waals surface area contributed by atoms with Gasteiger partial charge in [-0.15, -0.1) is 0 Å². The van der Waals surface area contributed by atoms with E-state index in [9.17, 15) is 24.6 Å². The number of halogens is 2. The molecule has 164 valence electrons. The van der Waals surface area contributed by atoms with Crippen molar-refractivity contribution in [3.63, 3.8) is 0 Å². The Morgan fingerprint density at radius 1 is 0.750 bits per heavy atom. The number of aromatic hydroxyl groups is 2. The van der Waals surface area contributed by atoms with Gasteiger partial charge in [-0.1, -0.05) is 23.2 Å². The van der Waals surface area contributed by atoms with Crippen LogP contribution in [0.15, 0.2) is 54.6 Å². The molecule has 2 amide bonds. The number of carbonyl (C=O) groups excluding carboxylic acids is 3. The van der Waals surface area contributed by atoms with Crippen LogP contribution < -0.4 is 15.4 Å². The normalized spacial score (nSPS) is 10.3. The number of amides is 2. The number of hydrogen-bond acceptors (Lipinski definition) is 6. The molecule has 4 N–H and O–H groups in total. The standard InChI is InChI=1S/C22H16Cl2N2O6/c1-11(27)32-16-7-12(21(30)25-17-9-14(23)2-4-19(17)28)6-13(8-16)22(31)26-18-10-15(24)3-5-20(18)29/h2-10,28-29H,1H3,(H,25,30)(H,26,31). The van der Waals surface area contributed by atoms with Crippen molar-refractivity contribution in [1.29, 1.82) is 0 Å². The van der Waals surface area contributed by atoms with E-state index in [-0.39, 0.29) is 49.8 Å². The van der Waals surface area contributed by atoms with Crippen LogP contribution in [0.5, 0.6) is 17.2 Å². The first kappa shape index (κ1) is 22.9. The van der Waals surface area contributed by atoms with E-state index in [2.05, 4.69) is 10.6 Å². The fraction of sp³-hybridized carbons (Fsp3) is 0.0455. The molecule has 0 aromatic heterocycles. The predicted octanol–water partition coefficient (Wildman–Crippen LogP) is 4.83. The lowest BCUT2D eigenvalue weighted by Crippen LogP contribution is -2.17. The van der Waals surface area contributed by atoms with Crippen LogP contribution in [0.25, 0.3) is 0 Å². The van der Waals surface area contributed by atoms with Gasteiger partial charge in [0.05, 0.1) is 11.4 Å². The number of anilines is 2. The predicted molar refractivity (Wildman–Crippen MR) is 120 cm³/mol. The topological polar surface area (TPSA) is 125 Å². The van der Waals surface area contributed by atoms with Gasteiger partial charge in [0.2, 0.25) is 0 Å². The number of ether oxygens (including phenoxy) is 1. The van der Waals surface area contributed by atoms with Crippen LogP contribution >= 0.6 is 23.2 Å². The molecular weight excluding hydrogens is 459 g/mol. The van der Waals surface area contributed by atoms with Gasteiger partial charge in [0, 0.05) is 28.1 Å². The van der Waals surface area contributed by atoms with E-state index >= 15 is 0 Å². The number of esters is 1. The Kier molecular flexibility index (Phi) is 6.87. The second kappa shape index (κ2) is 9.59. The van der Waals surface area contributed by atoms with E-state index in [1.54, 1.807) is 0 Å². The van der Waals surface area contributed by atoms with Gasteiger partial charge in [-0.2, -0.15) is 0 Å². The van der Waals surface area contributed by atoms with Gasteiger partial charge in [-0.25, -0.2) is 0 Å². The summed E-state index contributed by atoms with van der Waals surface area (Å²) in [6.45, 7) is 1.17. The Hall–Kier alpha value is -3.75. The minimum absolute atomic E-state index is 0.0383. The highest BCUT2D eigenvalue weighted by Crippen LogP contribution is 2.29. The summed E-state index contributed by atoms with van der Waals surface area (Å²) in [7, 11) is 0. The van der Waals surface area contributed by atoms with Gasteiger partial charge in [0.25, 0.3) is 11.8 Å². The van der Waals surface area contributed by atoms with E-state index in [1.165, 1.54) is 61.5 Å². The minimum atomic E-state index is -0.698. The van der Waals surface area contributed by atoms with Crippen molar-refractivity contribution in [3.8, 4) is 17.2 Å². The Morgan fingerprint density at radius 3 is 1.59 bits per heavy atom. The highest BCUT2D eigenvalue weighted by molar-refractivity contribution is 6.31. The van der Waals surface area contributed by atoms with Crippen LogP contribution in [0.1, 0.15) is 27.6 Å². The number of benzene rings is 3. The summed E-state index contributed by atoms with van der Waals surface area (Å²) >= 11 is 11.8. The molecule has 0 bridgehead atoms. The first-order valence-electron chi connectivity index (χ1n) is 9.05. The Bertz CT molecular complexity index is 1150. The zero-order valence-corrected chi connectivity index (χ0v) is 18.0. The number of hydrogen-bond donors (Lipinski definition) is 4. The fourth-order valence-corrected chi connectivity index (χ4v) is 3.04. The van der Waals surface area contributed by atoms with Crippen LogP contribution in [-0.2, 0) is 4.79 Å². The second-order valence-electron chi connectivity index (χ2n) is 6.57. The fourth-order valence-electron chi connectivity index (χ4n) is 2.69. The molecule has 0 spiro atoms. The molecular formula is C22H16Cl2N2O6. The molecule has 0 aliphatic heterocycles. The summed E-state index contributed by atoms with van der Waals surface area (Å²) in [5.41, 5.74) is 0.0256. The van der Waals surface area contributed by atoms with E-state index in [4.69, 9.17) is 27.9 Å². The molecule has 0 saturated carbocycles. The van der Waals surface area contributed by atoms with Gasteiger partial charge >= 0.3 is 5.97 Å². The lowest BCUT2D eigenvalue weighted by molar-refractivity contribution is -0.131. The number of rotatable bonds is 5. The second-order valence-corrected chi connectivity index (χ2v) is 7.44. The molecule has 0 fully saturated rings. The van der Waals surface area contributed by atoms with Crippen LogP contribution in [-0.4, -0.2) is 28.0 Å². The van der Waals surface area contributed by atoms with Crippen molar-refractivity contribution >= 4 is 52.4 Å². The summed E-state index contributed by atoms with van der Waals surface area (Å²) in [6, 6.07) is 12.0. The van der Waals surface area contributed by atoms with Crippen molar-refractivity contribution in [2.24, 2.45) is 0 Å². The summed E-state index contributed by atoms with van der Waals surface area (Å²) < 4.78 is 5.04.